The van der Waals surface area contributed by atoms with Crippen molar-refractivity contribution in [3.63, 3.8) is 0 Å². The van der Waals surface area contributed by atoms with Gasteiger partial charge in [0.1, 0.15) is 0 Å². The molecule has 0 atom stereocenters. The van der Waals surface area contributed by atoms with E-state index in [1.165, 1.54) is 0 Å². The maximum absolute atomic E-state index is 12.3. The third-order valence-corrected chi connectivity index (χ3v) is 4.76. The van der Waals surface area contributed by atoms with Crippen LogP contribution in [0.3, 0.4) is 0 Å². The van der Waals surface area contributed by atoms with Gasteiger partial charge in [-0.25, -0.2) is 4.79 Å². The molecule has 2 N–H and O–H groups in total. The lowest BCUT2D eigenvalue weighted by atomic mass is 9.84. The average Bonchev–Trinajstić information content (AvgIpc) is 2.70. The van der Waals surface area contributed by atoms with Gasteiger partial charge in [0.2, 0.25) is 5.91 Å². The Bertz CT molecular complexity index is 845. The quantitative estimate of drug-likeness (QED) is 0.691. The summed E-state index contributed by atoms with van der Waals surface area (Å²) < 4.78 is 10.6. The second-order valence-electron chi connectivity index (χ2n) is 7.19. The third-order valence-electron chi connectivity index (χ3n) is 4.76. The van der Waals surface area contributed by atoms with Crippen LogP contribution in [0.15, 0.2) is 42.5 Å². The zero-order valence-corrected chi connectivity index (χ0v) is 16.7. The first kappa shape index (κ1) is 21.3. The molecule has 0 aliphatic rings. The highest BCUT2D eigenvalue weighted by atomic mass is 16.5. The van der Waals surface area contributed by atoms with Crippen LogP contribution in [0.25, 0.3) is 0 Å². The van der Waals surface area contributed by atoms with Crippen molar-refractivity contribution >= 4 is 11.9 Å². The summed E-state index contributed by atoms with van der Waals surface area (Å²) in [5.74, 6) is 0.201. The summed E-state index contributed by atoms with van der Waals surface area (Å²) in [6.45, 7) is 4.52. The Morgan fingerprint density at radius 3 is 2.36 bits per heavy atom. The van der Waals surface area contributed by atoms with Crippen LogP contribution in [-0.4, -0.2) is 37.7 Å². The van der Waals surface area contributed by atoms with Crippen LogP contribution in [0.5, 0.6) is 11.5 Å². The molecule has 0 aromatic heterocycles. The number of carbonyl (C=O) groups is 2. The molecule has 0 unspecified atom stereocenters. The van der Waals surface area contributed by atoms with Crippen molar-refractivity contribution < 1.29 is 24.2 Å². The van der Waals surface area contributed by atoms with Gasteiger partial charge in [-0.3, -0.25) is 4.79 Å². The molecule has 6 heteroatoms. The summed E-state index contributed by atoms with van der Waals surface area (Å²) in [5.41, 5.74) is 1.60. The normalized spacial score (nSPS) is 11.0. The minimum Gasteiger partial charge on any atom is -0.493 e. The molecule has 2 rings (SSSR count). The van der Waals surface area contributed by atoms with Crippen molar-refractivity contribution in [1.29, 1.82) is 0 Å². The number of rotatable bonds is 9. The van der Waals surface area contributed by atoms with E-state index in [0.717, 1.165) is 5.56 Å². The number of aromatic carboxylic acids is 1. The molecule has 0 heterocycles. The molecule has 0 saturated heterocycles. The predicted octanol–water partition coefficient (Wildman–Crippen LogP) is 3.43. The molecule has 0 radical (unpaired) electrons. The molecule has 28 heavy (non-hydrogen) atoms. The number of hydrogen-bond donors (Lipinski definition) is 2. The minimum absolute atomic E-state index is 0.117. The largest absolute Gasteiger partial charge is 0.493 e. The number of carboxylic acid groups (broad SMARTS) is 1. The number of nitrogens with one attached hydrogen (secondary N) is 1. The number of carboxylic acids is 1. The van der Waals surface area contributed by atoms with Crippen molar-refractivity contribution in [3.8, 4) is 11.5 Å². The number of amides is 1. The Morgan fingerprint density at radius 1 is 1.04 bits per heavy atom. The van der Waals surface area contributed by atoms with Gasteiger partial charge < -0.3 is 19.9 Å². The Hall–Kier alpha value is -3.02. The van der Waals surface area contributed by atoms with E-state index in [1.54, 1.807) is 38.5 Å². The zero-order chi connectivity index (χ0) is 20.7. The standard InChI is InChI=1S/C22H27NO5/c1-22(2,16-10-11-18(27-3)19(13-16)28-4)14-23-20(24)12-9-15-7-5-6-8-17(15)21(25)26/h5-8,10-11,13H,9,12,14H2,1-4H3,(H,23,24)(H,25,26). The summed E-state index contributed by atoms with van der Waals surface area (Å²) >= 11 is 0. The van der Waals surface area contributed by atoms with Gasteiger partial charge in [-0.05, 0) is 35.7 Å². The van der Waals surface area contributed by atoms with Crippen LogP contribution in [0.2, 0.25) is 0 Å². The van der Waals surface area contributed by atoms with Gasteiger partial charge in [-0.15, -0.1) is 0 Å². The van der Waals surface area contributed by atoms with Crippen molar-refractivity contribution in [3.05, 3.63) is 59.2 Å². The molecule has 2 aromatic rings. The fraction of sp³-hybridized carbons (Fsp3) is 0.364. The second-order valence-corrected chi connectivity index (χ2v) is 7.19. The highest BCUT2D eigenvalue weighted by molar-refractivity contribution is 5.89. The van der Waals surface area contributed by atoms with Crippen LogP contribution in [0.1, 0.15) is 41.8 Å². The minimum atomic E-state index is -0.981. The van der Waals surface area contributed by atoms with E-state index in [-0.39, 0.29) is 23.3 Å². The topological polar surface area (TPSA) is 84.9 Å². The molecule has 0 saturated carbocycles. The van der Waals surface area contributed by atoms with Crippen molar-refractivity contribution in [2.24, 2.45) is 0 Å². The van der Waals surface area contributed by atoms with Gasteiger partial charge in [0.05, 0.1) is 19.8 Å². The maximum atomic E-state index is 12.3. The summed E-state index contributed by atoms with van der Waals surface area (Å²) in [5, 5.41) is 12.2. The average molecular weight is 385 g/mol. The van der Waals surface area contributed by atoms with Crippen LogP contribution < -0.4 is 14.8 Å². The van der Waals surface area contributed by atoms with E-state index in [2.05, 4.69) is 5.32 Å². The third kappa shape index (κ3) is 5.25. The molecular weight excluding hydrogens is 358 g/mol. The molecule has 1 amide bonds. The van der Waals surface area contributed by atoms with Crippen molar-refractivity contribution in [2.75, 3.05) is 20.8 Å². The number of aryl methyl sites for hydroxylation is 1. The summed E-state index contributed by atoms with van der Waals surface area (Å²) in [7, 11) is 3.18. The summed E-state index contributed by atoms with van der Waals surface area (Å²) in [4.78, 5) is 23.6. The molecule has 2 aromatic carbocycles. The summed E-state index contributed by atoms with van der Waals surface area (Å²) in [6, 6.07) is 12.5. The smallest absolute Gasteiger partial charge is 0.335 e. The lowest BCUT2D eigenvalue weighted by Gasteiger charge is -2.26. The highest BCUT2D eigenvalue weighted by Crippen LogP contribution is 2.32. The van der Waals surface area contributed by atoms with Gasteiger partial charge in [0.15, 0.2) is 11.5 Å². The number of benzene rings is 2. The molecule has 0 spiro atoms. The molecule has 0 aliphatic heterocycles. The van der Waals surface area contributed by atoms with Crippen LogP contribution in [0.4, 0.5) is 0 Å². The Balaban J connectivity index is 1.97. The van der Waals surface area contributed by atoms with E-state index in [4.69, 9.17) is 9.47 Å². The Kier molecular flexibility index (Phi) is 7.04. The fourth-order valence-electron chi connectivity index (χ4n) is 2.96. The van der Waals surface area contributed by atoms with E-state index in [9.17, 15) is 14.7 Å². The molecule has 0 fully saturated rings. The number of ether oxygens (including phenoxy) is 2. The second kappa shape index (κ2) is 9.26. The summed E-state index contributed by atoms with van der Waals surface area (Å²) in [6.07, 6.45) is 0.609. The Labute approximate surface area is 165 Å². The maximum Gasteiger partial charge on any atom is 0.335 e. The van der Waals surface area contributed by atoms with Crippen LogP contribution >= 0.6 is 0 Å². The lowest BCUT2D eigenvalue weighted by Crippen LogP contribution is -2.36. The van der Waals surface area contributed by atoms with E-state index >= 15 is 0 Å². The lowest BCUT2D eigenvalue weighted by molar-refractivity contribution is -0.121. The first-order valence-corrected chi connectivity index (χ1v) is 9.09. The number of carbonyl (C=O) groups excluding carboxylic acids is 1. The molecule has 6 nitrogen and oxygen atoms in total. The number of hydrogen-bond acceptors (Lipinski definition) is 4. The zero-order valence-electron chi connectivity index (χ0n) is 16.7. The van der Waals surface area contributed by atoms with Gasteiger partial charge in [0, 0.05) is 18.4 Å². The Morgan fingerprint density at radius 2 is 1.71 bits per heavy atom. The molecule has 0 bridgehead atoms. The molecule has 0 aliphatic carbocycles. The number of methoxy groups -OCH3 is 2. The van der Waals surface area contributed by atoms with Gasteiger partial charge in [-0.2, -0.15) is 0 Å². The van der Waals surface area contributed by atoms with E-state index in [1.807, 2.05) is 32.0 Å². The van der Waals surface area contributed by atoms with Crippen molar-refractivity contribution in [1.82, 2.24) is 5.32 Å². The van der Waals surface area contributed by atoms with Crippen LogP contribution in [0, 0.1) is 0 Å². The monoisotopic (exact) mass is 385 g/mol. The first-order valence-electron chi connectivity index (χ1n) is 9.09. The van der Waals surface area contributed by atoms with Crippen LogP contribution in [-0.2, 0) is 16.6 Å². The fourth-order valence-corrected chi connectivity index (χ4v) is 2.96. The molecular formula is C22H27NO5. The van der Waals surface area contributed by atoms with E-state index < -0.39 is 5.97 Å². The van der Waals surface area contributed by atoms with E-state index in [0.29, 0.717) is 30.0 Å². The van der Waals surface area contributed by atoms with Gasteiger partial charge in [-0.1, -0.05) is 38.1 Å². The van der Waals surface area contributed by atoms with Gasteiger partial charge in [0.25, 0.3) is 0 Å². The predicted molar refractivity (Wildman–Crippen MR) is 107 cm³/mol. The van der Waals surface area contributed by atoms with Gasteiger partial charge >= 0.3 is 5.97 Å². The SMILES string of the molecule is COc1ccc(C(C)(C)CNC(=O)CCc2ccccc2C(=O)O)cc1OC. The first-order chi connectivity index (χ1) is 13.3. The van der Waals surface area contributed by atoms with Crippen molar-refractivity contribution in [2.45, 2.75) is 32.1 Å². The highest BCUT2D eigenvalue weighted by Gasteiger charge is 2.23. The molecule has 150 valence electrons.